The highest BCUT2D eigenvalue weighted by atomic mass is 19.4. The number of hydrogen-bond donors (Lipinski definition) is 1. The first-order chi connectivity index (χ1) is 13.7. The van der Waals surface area contributed by atoms with Crippen LogP contribution < -0.4 is 4.90 Å². The van der Waals surface area contributed by atoms with Gasteiger partial charge in [-0.1, -0.05) is 6.07 Å². The second kappa shape index (κ2) is 7.14. The molecule has 156 valence electrons. The Morgan fingerprint density at radius 1 is 1.31 bits per heavy atom. The van der Waals surface area contributed by atoms with Crippen LogP contribution in [0.25, 0.3) is 0 Å². The lowest BCUT2D eigenvalue weighted by Gasteiger charge is -2.35. The molecule has 6 nitrogen and oxygen atoms in total. The standard InChI is InChI=1S/C20H23F3N4O2/c1-26(2)18-24-8-14-10-29-12-19(17(14)25-18)5-6-27(11-19)9-13-3-4-16(28)15(7-13)20(21,22)23/h3-4,7-8,28H,5-6,9-12H2,1-2H3. The van der Waals surface area contributed by atoms with Crippen molar-refractivity contribution in [2.75, 3.05) is 38.7 Å². The summed E-state index contributed by atoms with van der Waals surface area (Å²) in [5.41, 5.74) is 1.17. The topological polar surface area (TPSA) is 61.7 Å². The summed E-state index contributed by atoms with van der Waals surface area (Å²) < 4.78 is 45.1. The van der Waals surface area contributed by atoms with Crippen LogP contribution in [0.4, 0.5) is 19.1 Å². The second-order valence-corrected chi connectivity index (χ2v) is 8.02. The highest BCUT2D eigenvalue weighted by Gasteiger charge is 2.45. The van der Waals surface area contributed by atoms with E-state index in [1.807, 2.05) is 19.0 Å². The molecule has 3 heterocycles. The number of aromatic nitrogens is 2. The van der Waals surface area contributed by atoms with Gasteiger partial charge in [-0.2, -0.15) is 13.2 Å². The minimum atomic E-state index is -4.58. The SMILES string of the molecule is CN(C)c1ncc2c(n1)C1(CCN(Cc3ccc(O)c(C(F)(F)F)c3)C1)COC2. The lowest BCUT2D eigenvalue weighted by Crippen LogP contribution is -2.40. The number of alkyl halides is 3. The molecule has 2 aliphatic heterocycles. The van der Waals surface area contributed by atoms with Crippen LogP contribution in [0.15, 0.2) is 24.4 Å². The van der Waals surface area contributed by atoms with Gasteiger partial charge in [0.2, 0.25) is 5.95 Å². The Bertz CT molecular complexity index is 919. The first-order valence-corrected chi connectivity index (χ1v) is 9.41. The number of ether oxygens (including phenoxy) is 1. The number of phenolic OH excluding ortho intramolecular Hbond substituents is 1. The van der Waals surface area contributed by atoms with E-state index in [4.69, 9.17) is 9.72 Å². The fraction of sp³-hybridized carbons (Fsp3) is 0.500. The van der Waals surface area contributed by atoms with Crippen LogP contribution in [0.1, 0.15) is 28.8 Å². The molecule has 9 heteroatoms. The second-order valence-electron chi connectivity index (χ2n) is 8.02. The zero-order valence-electron chi connectivity index (χ0n) is 16.3. The van der Waals surface area contributed by atoms with Crippen LogP contribution in [0.3, 0.4) is 0 Å². The number of anilines is 1. The molecule has 0 aliphatic carbocycles. The van der Waals surface area contributed by atoms with E-state index in [1.54, 1.807) is 6.20 Å². The first kappa shape index (κ1) is 19.9. The lowest BCUT2D eigenvalue weighted by atomic mass is 9.80. The maximum absolute atomic E-state index is 13.1. The van der Waals surface area contributed by atoms with Crippen LogP contribution in [-0.4, -0.2) is 53.8 Å². The van der Waals surface area contributed by atoms with Crippen LogP contribution >= 0.6 is 0 Å². The predicted molar refractivity (Wildman–Crippen MR) is 101 cm³/mol. The van der Waals surface area contributed by atoms with Crippen molar-refractivity contribution in [2.45, 2.75) is 31.2 Å². The number of likely N-dealkylation sites (tertiary alicyclic amines) is 1. The molecule has 1 saturated heterocycles. The van der Waals surface area contributed by atoms with Gasteiger partial charge < -0.3 is 14.7 Å². The molecule has 0 amide bonds. The lowest BCUT2D eigenvalue weighted by molar-refractivity contribution is -0.138. The van der Waals surface area contributed by atoms with Gasteiger partial charge in [-0.05, 0) is 30.7 Å². The average Bonchev–Trinajstić information content (AvgIpc) is 3.05. The zero-order chi connectivity index (χ0) is 20.8. The molecular weight excluding hydrogens is 385 g/mol. The minimum Gasteiger partial charge on any atom is -0.507 e. The van der Waals surface area contributed by atoms with Gasteiger partial charge >= 0.3 is 6.18 Å². The van der Waals surface area contributed by atoms with Gasteiger partial charge in [-0.3, -0.25) is 4.90 Å². The van der Waals surface area contributed by atoms with Crippen LogP contribution in [0.2, 0.25) is 0 Å². The summed E-state index contributed by atoms with van der Waals surface area (Å²) >= 11 is 0. The van der Waals surface area contributed by atoms with E-state index in [2.05, 4.69) is 9.88 Å². The van der Waals surface area contributed by atoms with Gasteiger partial charge in [0.15, 0.2) is 0 Å². The predicted octanol–water partition coefficient (Wildman–Crippen LogP) is 2.94. The third-order valence-electron chi connectivity index (χ3n) is 5.60. The molecule has 1 fully saturated rings. The van der Waals surface area contributed by atoms with Crippen molar-refractivity contribution in [2.24, 2.45) is 0 Å². The minimum absolute atomic E-state index is 0.287. The van der Waals surface area contributed by atoms with Crippen LogP contribution in [0.5, 0.6) is 5.75 Å². The molecule has 1 spiro atoms. The summed E-state index contributed by atoms with van der Waals surface area (Å²) in [5, 5.41) is 9.54. The fourth-order valence-corrected chi connectivity index (χ4v) is 4.17. The van der Waals surface area contributed by atoms with Gasteiger partial charge in [0.1, 0.15) is 5.75 Å². The molecule has 1 N–H and O–H groups in total. The number of halogens is 3. The van der Waals surface area contributed by atoms with Crippen LogP contribution in [-0.2, 0) is 29.5 Å². The number of fused-ring (bicyclic) bond motifs is 2. The first-order valence-electron chi connectivity index (χ1n) is 9.41. The molecule has 0 saturated carbocycles. The summed E-state index contributed by atoms with van der Waals surface area (Å²) in [5.74, 6) is -0.113. The summed E-state index contributed by atoms with van der Waals surface area (Å²) in [6, 6.07) is 3.67. The fourth-order valence-electron chi connectivity index (χ4n) is 4.17. The Labute approximate surface area is 166 Å². The number of hydrogen-bond acceptors (Lipinski definition) is 6. The van der Waals surface area contributed by atoms with Gasteiger partial charge in [0.25, 0.3) is 0 Å². The quantitative estimate of drug-likeness (QED) is 0.843. The maximum atomic E-state index is 13.1. The van der Waals surface area contributed by atoms with Gasteiger partial charge in [0, 0.05) is 38.9 Å². The van der Waals surface area contributed by atoms with Crippen molar-refractivity contribution in [3.8, 4) is 5.75 Å². The van der Waals surface area contributed by atoms with E-state index in [9.17, 15) is 18.3 Å². The Balaban J connectivity index is 1.57. The normalized spacial score (nSPS) is 22.1. The number of phenols is 1. The number of rotatable bonds is 3. The van der Waals surface area contributed by atoms with E-state index in [1.165, 1.54) is 6.07 Å². The van der Waals surface area contributed by atoms with Crippen molar-refractivity contribution in [1.82, 2.24) is 14.9 Å². The van der Waals surface area contributed by atoms with Gasteiger partial charge in [0.05, 0.1) is 29.9 Å². The van der Waals surface area contributed by atoms with E-state index in [-0.39, 0.29) is 5.41 Å². The molecule has 29 heavy (non-hydrogen) atoms. The summed E-state index contributed by atoms with van der Waals surface area (Å²) in [4.78, 5) is 13.1. The largest absolute Gasteiger partial charge is 0.507 e. The van der Waals surface area contributed by atoms with Crippen LogP contribution in [0, 0.1) is 0 Å². The summed E-state index contributed by atoms with van der Waals surface area (Å²) in [7, 11) is 3.77. The summed E-state index contributed by atoms with van der Waals surface area (Å²) in [6.45, 7) is 2.74. The zero-order valence-corrected chi connectivity index (χ0v) is 16.3. The number of aromatic hydroxyl groups is 1. The van der Waals surface area contributed by atoms with Crippen molar-refractivity contribution < 1.29 is 23.0 Å². The monoisotopic (exact) mass is 408 g/mol. The Morgan fingerprint density at radius 2 is 2.10 bits per heavy atom. The van der Waals surface area contributed by atoms with Crippen molar-refractivity contribution in [1.29, 1.82) is 0 Å². The molecule has 0 bridgehead atoms. The molecule has 1 atom stereocenters. The molecule has 0 radical (unpaired) electrons. The molecule has 2 aliphatic rings. The highest BCUT2D eigenvalue weighted by molar-refractivity contribution is 5.39. The molecule has 1 aromatic heterocycles. The van der Waals surface area contributed by atoms with E-state index in [0.29, 0.717) is 37.8 Å². The molecule has 4 rings (SSSR count). The Hall–Kier alpha value is -2.39. The maximum Gasteiger partial charge on any atom is 0.419 e. The summed E-state index contributed by atoms with van der Waals surface area (Å²) in [6.07, 6.45) is -1.97. The Morgan fingerprint density at radius 3 is 2.83 bits per heavy atom. The molecule has 2 aromatic rings. The molecular formula is C20H23F3N4O2. The van der Waals surface area contributed by atoms with E-state index in [0.717, 1.165) is 36.4 Å². The third-order valence-corrected chi connectivity index (χ3v) is 5.60. The van der Waals surface area contributed by atoms with Gasteiger partial charge in [-0.25, -0.2) is 9.97 Å². The van der Waals surface area contributed by atoms with E-state index < -0.39 is 17.5 Å². The van der Waals surface area contributed by atoms with Crippen molar-refractivity contribution in [3.63, 3.8) is 0 Å². The van der Waals surface area contributed by atoms with E-state index >= 15 is 0 Å². The smallest absolute Gasteiger partial charge is 0.419 e. The average molecular weight is 408 g/mol. The molecule has 1 unspecified atom stereocenters. The number of nitrogens with zero attached hydrogens (tertiary/aromatic N) is 4. The van der Waals surface area contributed by atoms with Crippen molar-refractivity contribution in [3.05, 3.63) is 46.8 Å². The third kappa shape index (κ3) is 3.76. The molecule has 1 aromatic carbocycles. The number of benzene rings is 1. The van der Waals surface area contributed by atoms with Crippen molar-refractivity contribution >= 4 is 5.95 Å². The Kier molecular flexibility index (Phi) is 4.90. The van der Waals surface area contributed by atoms with Gasteiger partial charge in [-0.15, -0.1) is 0 Å². The highest BCUT2D eigenvalue weighted by Crippen LogP contribution is 2.41.